The third-order valence-corrected chi connectivity index (χ3v) is 3.50. The molecule has 1 aromatic rings. The van der Waals surface area contributed by atoms with Crippen LogP contribution in [0.3, 0.4) is 0 Å². The van der Waals surface area contributed by atoms with Crippen molar-refractivity contribution in [3.8, 4) is 5.75 Å². The molecule has 0 bridgehead atoms. The van der Waals surface area contributed by atoms with E-state index in [1.807, 2.05) is 0 Å². The summed E-state index contributed by atoms with van der Waals surface area (Å²) < 4.78 is 65.5. The molecule has 0 aliphatic rings. The lowest BCUT2D eigenvalue weighted by Crippen LogP contribution is -2.45. The summed E-state index contributed by atoms with van der Waals surface area (Å²) in [4.78, 5) is -0.170. The van der Waals surface area contributed by atoms with Gasteiger partial charge in [0.2, 0.25) is 10.0 Å². The van der Waals surface area contributed by atoms with Gasteiger partial charge in [-0.15, -0.1) is 13.2 Å². The topological polar surface area (TPSA) is 81.4 Å². The third-order valence-electron chi connectivity index (χ3n) is 2.09. The number of ether oxygens (including phenoxy) is 1. The lowest BCUT2D eigenvalue weighted by Gasteiger charge is -2.19. The van der Waals surface area contributed by atoms with Crippen LogP contribution in [0.15, 0.2) is 29.2 Å². The molecule has 0 saturated heterocycles. The smallest absolute Gasteiger partial charge is 0.406 e. The molecule has 5 nitrogen and oxygen atoms in total. The Morgan fingerprint density at radius 2 is 1.70 bits per heavy atom. The van der Waals surface area contributed by atoms with Crippen LogP contribution >= 0.6 is 0 Å². The van der Waals surface area contributed by atoms with Gasteiger partial charge in [0.05, 0.1) is 4.90 Å². The Hall–Kier alpha value is -1.32. The zero-order chi connectivity index (χ0) is 15.6. The molecule has 0 atom stereocenters. The number of alkyl halides is 3. The molecule has 114 valence electrons. The minimum absolute atomic E-state index is 0.00383. The molecule has 9 heteroatoms. The van der Waals surface area contributed by atoms with Gasteiger partial charge in [0.1, 0.15) is 5.75 Å². The quantitative estimate of drug-likeness (QED) is 0.865. The van der Waals surface area contributed by atoms with Gasteiger partial charge in [0.15, 0.2) is 0 Å². The van der Waals surface area contributed by atoms with E-state index in [1.165, 1.54) is 0 Å². The van der Waals surface area contributed by atoms with Gasteiger partial charge in [-0.1, -0.05) is 0 Å². The fourth-order valence-electron chi connectivity index (χ4n) is 1.18. The second kappa shape index (κ2) is 5.58. The van der Waals surface area contributed by atoms with E-state index < -0.39 is 27.7 Å². The molecule has 0 radical (unpaired) electrons. The van der Waals surface area contributed by atoms with Crippen LogP contribution in [0.5, 0.6) is 5.75 Å². The first kappa shape index (κ1) is 16.7. The SMILES string of the molecule is CC(C)(N)CNS(=O)(=O)c1ccc(OC(F)(F)F)cc1. The van der Waals surface area contributed by atoms with Crippen LogP contribution in [0.25, 0.3) is 0 Å². The van der Waals surface area contributed by atoms with Crippen LogP contribution in [0, 0.1) is 0 Å². The number of rotatable bonds is 5. The van der Waals surface area contributed by atoms with Crippen LogP contribution in [0.1, 0.15) is 13.8 Å². The zero-order valence-corrected chi connectivity index (χ0v) is 11.7. The average Bonchev–Trinajstić information content (AvgIpc) is 2.24. The highest BCUT2D eigenvalue weighted by atomic mass is 32.2. The predicted molar refractivity (Wildman–Crippen MR) is 66.6 cm³/mol. The van der Waals surface area contributed by atoms with Crippen molar-refractivity contribution in [1.29, 1.82) is 0 Å². The van der Waals surface area contributed by atoms with Crippen LogP contribution in [-0.2, 0) is 10.0 Å². The van der Waals surface area contributed by atoms with Crippen LogP contribution in [0.4, 0.5) is 13.2 Å². The molecule has 20 heavy (non-hydrogen) atoms. The molecule has 0 saturated carbocycles. The summed E-state index contributed by atoms with van der Waals surface area (Å²) >= 11 is 0. The standard InChI is InChI=1S/C11H15F3N2O3S/c1-10(2,15)7-16-20(17,18)9-5-3-8(4-6-9)19-11(12,13)14/h3-6,16H,7,15H2,1-2H3. The number of sulfonamides is 1. The normalized spacial score (nSPS) is 13.3. The number of nitrogens with two attached hydrogens (primary N) is 1. The third kappa shape index (κ3) is 5.76. The van der Waals surface area contributed by atoms with Crippen molar-refractivity contribution in [2.45, 2.75) is 30.6 Å². The minimum Gasteiger partial charge on any atom is -0.406 e. The Labute approximate surface area is 115 Å². The highest BCUT2D eigenvalue weighted by Gasteiger charge is 2.31. The average molecular weight is 312 g/mol. The first-order valence-electron chi connectivity index (χ1n) is 5.53. The van der Waals surface area contributed by atoms with E-state index in [1.54, 1.807) is 13.8 Å². The Bertz CT molecular complexity index is 548. The molecule has 0 unspecified atom stereocenters. The molecule has 1 rings (SSSR count). The summed E-state index contributed by atoms with van der Waals surface area (Å²) in [7, 11) is -3.82. The second-order valence-corrected chi connectivity index (χ2v) is 6.60. The van der Waals surface area contributed by atoms with Crippen molar-refractivity contribution < 1.29 is 26.3 Å². The first-order chi connectivity index (χ1) is 8.89. The van der Waals surface area contributed by atoms with Crippen molar-refractivity contribution in [2.75, 3.05) is 6.54 Å². The van der Waals surface area contributed by atoms with Crippen molar-refractivity contribution in [3.05, 3.63) is 24.3 Å². The maximum atomic E-state index is 12.0. The van der Waals surface area contributed by atoms with Crippen LogP contribution in [-0.4, -0.2) is 26.9 Å². The number of hydrogen-bond donors (Lipinski definition) is 2. The van der Waals surface area contributed by atoms with Gasteiger partial charge in [-0.2, -0.15) is 0 Å². The summed E-state index contributed by atoms with van der Waals surface area (Å²) in [5.74, 6) is -0.490. The molecule has 0 spiro atoms. The summed E-state index contributed by atoms with van der Waals surface area (Å²) in [6.07, 6.45) is -4.82. The van der Waals surface area contributed by atoms with Gasteiger partial charge >= 0.3 is 6.36 Å². The second-order valence-electron chi connectivity index (χ2n) is 4.83. The van der Waals surface area contributed by atoms with Gasteiger partial charge in [0.25, 0.3) is 0 Å². The lowest BCUT2D eigenvalue weighted by atomic mass is 10.1. The van der Waals surface area contributed by atoms with Gasteiger partial charge in [-0.05, 0) is 38.1 Å². The van der Waals surface area contributed by atoms with Gasteiger partial charge < -0.3 is 10.5 Å². The number of benzene rings is 1. The van der Waals surface area contributed by atoms with Crippen molar-refractivity contribution >= 4 is 10.0 Å². The monoisotopic (exact) mass is 312 g/mol. The van der Waals surface area contributed by atoms with E-state index in [0.717, 1.165) is 24.3 Å². The summed E-state index contributed by atoms with van der Waals surface area (Å²) in [6.45, 7) is 3.27. The van der Waals surface area contributed by atoms with Crippen molar-refractivity contribution in [3.63, 3.8) is 0 Å². The van der Waals surface area contributed by atoms with Gasteiger partial charge in [0, 0.05) is 12.1 Å². The molecule has 0 aliphatic heterocycles. The number of hydrogen-bond acceptors (Lipinski definition) is 4. The van der Waals surface area contributed by atoms with Crippen LogP contribution in [0.2, 0.25) is 0 Å². The van der Waals surface area contributed by atoms with E-state index in [0.29, 0.717) is 0 Å². The zero-order valence-electron chi connectivity index (χ0n) is 10.9. The largest absolute Gasteiger partial charge is 0.573 e. The molecule has 1 aromatic carbocycles. The highest BCUT2D eigenvalue weighted by Crippen LogP contribution is 2.23. The van der Waals surface area contributed by atoms with Crippen molar-refractivity contribution in [1.82, 2.24) is 4.72 Å². The predicted octanol–water partition coefficient (Wildman–Crippen LogP) is 1.60. The molecule has 0 aromatic heterocycles. The van der Waals surface area contributed by atoms with E-state index in [-0.39, 0.29) is 11.4 Å². The maximum Gasteiger partial charge on any atom is 0.573 e. The Balaban J connectivity index is 2.82. The molecule has 0 heterocycles. The van der Waals surface area contributed by atoms with Gasteiger partial charge in [-0.25, -0.2) is 13.1 Å². The number of halogens is 3. The minimum atomic E-state index is -4.82. The Morgan fingerprint density at radius 3 is 2.10 bits per heavy atom. The summed E-state index contributed by atoms with van der Waals surface area (Å²) in [6, 6.07) is 3.89. The van der Waals surface area contributed by atoms with E-state index in [4.69, 9.17) is 5.73 Å². The Kier molecular flexibility index (Phi) is 4.67. The number of nitrogens with one attached hydrogen (secondary N) is 1. The molecular weight excluding hydrogens is 297 g/mol. The fourth-order valence-corrected chi connectivity index (χ4v) is 2.41. The van der Waals surface area contributed by atoms with Crippen molar-refractivity contribution in [2.24, 2.45) is 5.73 Å². The molecule has 0 aliphatic carbocycles. The fraction of sp³-hybridized carbons (Fsp3) is 0.455. The van der Waals surface area contributed by atoms with E-state index in [2.05, 4.69) is 9.46 Å². The van der Waals surface area contributed by atoms with Crippen LogP contribution < -0.4 is 15.2 Å². The molecule has 3 N–H and O–H groups in total. The first-order valence-corrected chi connectivity index (χ1v) is 7.02. The lowest BCUT2D eigenvalue weighted by molar-refractivity contribution is -0.274. The highest BCUT2D eigenvalue weighted by molar-refractivity contribution is 7.89. The maximum absolute atomic E-state index is 12.0. The van der Waals surface area contributed by atoms with Gasteiger partial charge in [-0.3, -0.25) is 0 Å². The molecule has 0 fully saturated rings. The Morgan fingerprint density at radius 1 is 1.20 bits per heavy atom. The molecular formula is C11H15F3N2O3S. The van der Waals surface area contributed by atoms with E-state index in [9.17, 15) is 21.6 Å². The summed E-state index contributed by atoms with van der Waals surface area (Å²) in [5, 5.41) is 0. The summed E-state index contributed by atoms with van der Waals surface area (Å²) in [5.41, 5.74) is 4.90. The molecule has 0 amide bonds. The van der Waals surface area contributed by atoms with E-state index >= 15 is 0 Å².